The van der Waals surface area contributed by atoms with Gasteiger partial charge in [-0.3, -0.25) is 4.79 Å². The summed E-state index contributed by atoms with van der Waals surface area (Å²) >= 11 is 0. The number of ether oxygens (including phenoxy) is 1. The molecule has 2 rings (SSSR count). The molecule has 2 N–H and O–H groups in total. The average Bonchev–Trinajstić information content (AvgIpc) is 3.12. The third-order valence-electron chi connectivity index (χ3n) is 2.81. The van der Waals surface area contributed by atoms with Crippen LogP contribution in [0.3, 0.4) is 0 Å². The molecule has 0 spiro atoms. The lowest BCUT2D eigenvalue weighted by atomic mass is 10.3. The van der Waals surface area contributed by atoms with Crippen molar-refractivity contribution in [3.63, 3.8) is 0 Å². The SMILES string of the molecule is COCCCCNc1cc(=O)[nH]c(C2CC2)n1. The van der Waals surface area contributed by atoms with E-state index in [1.54, 1.807) is 7.11 Å². The molecule has 0 radical (unpaired) electrons. The van der Waals surface area contributed by atoms with Gasteiger partial charge >= 0.3 is 0 Å². The first-order valence-corrected chi connectivity index (χ1v) is 6.13. The minimum absolute atomic E-state index is 0.0682. The van der Waals surface area contributed by atoms with Crippen LogP contribution in [0.2, 0.25) is 0 Å². The fraction of sp³-hybridized carbons (Fsp3) is 0.667. The Morgan fingerprint density at radius 2 is 2.35 bits per heavy atom. The van der Waals surface area contributed by atoms with Gasteiger partial charge in [-0.25, -0.2) is 4.98 Å². The molecule has 1 saturated carbocycles. The quantitative estimate of drug-likeness (QED) is 0.705. The van der Waals surface area contributed by atoms with Crippen LogP contribution in [0.25, 0.3) is 0 Å². The van der Waals surface area contributed by atoms with E-state index >= 15 is 0 Å². The van der Waals surface area contributed by atoms with Crippen molar-refractivity contribution in [3.8, 4) is 0 Å². The molecule has 0 bridgehead atoms. The van der Waals surface area contributed by atoms with E-state index in [4.69, 9.17) is 4.74 Å². The minimum atomic E-state index is -0.0682. The topological polar surface area (TPSA) is 67.0 Å². The maximum absolute atomic E-state index is 11.4. The van der Waals surface area contributed by atoms with Crippen molar-refractivity contribution in [2.45, 2.75) is 31.6 Å². The predicted octanol–water partition coefficient (Wildman–Crippen LogP) is 1.49. The Morgan fingerprint density at radius 1 is 1.53 bits per heavy atom. The maximum atomic E-state index is 11.4. The molecule has 0 unspecified atom stereocenters. The number of nitrogens with zero attached hydrogens (tertiary/aromatic N) is 1. The van der Waals surface area contributed by atoms with Gasteiger partial charge in [-0.15, -0.1) is 0 Å². The fourth-order valence-electron chi connectivity index (χ4n) is 1.71. The van der Waals surface area contributed by atoms with Crippen LogP contribution in [0.15, 0.2) is 10.9 Å². The molecular formula is C12H19N3O2. The second kappa shape index (κ2) is 5.82. The highest BCUT2D eigenvalue weighted by molar-refractivity contribution is 5.33. The summed E-state index contributed by atoms with van der Waals surface area (Å²) in [6.45, 7) is 1.60. The number of hydrogen-bond donors (Lipinski definition) is 2. The van der Waals surface area contributed by atoms with Crippen molar-refractivity contribution >= 4 is 5.82 Å². The summed E-state index contributed by atoms with van der Waals surface area (Å²) in [6, 6.07) is 1.52. The molecule has 1 aromatic rings. The van der Waals surface area contributed by atoms with Crippen molar-refractivity contribution in [2.75, 3.05) is 25.6 Å². The number of rotatable bonds is 7. The van der Waals surface area contributed by atoms with Gasteiger partial charge in [0.25, 0.3) is 5.56 Å². The van der Waals surface area contributed by atoms with Crippen LogP contribution in [0.4, 0.5) is 5.82 Å². The Kier molecular flexibility index (Phi) is 4.14. The lowest BCUT2D eigenvalue weighted by Gasteiger charge is -2.06. The second-order valence-corrected chi connectivity index (χ2v) is 4.42. The number of unbranched alkanes of at least 4 members (excludes halogenated alkanes) is 1. The summed E-state index contributed by atoms with van der Waals surface area (Å²) in [7, 11) is 1.70. The van der Waals surface area contributed by atoms with Crippen molar-refractivity contribution in [3.05, 3.63) is 22.2 Å². The number of anilines is 1. The van der Waals surface area contributed by atoms with Crippen LogP contribution < -0.4 is 10.9 Å². The minimum Gasteiger partial charge on any atom is -0.385 e. The standard InChI is InChI=1S/C12H19N3O2/c1-17-7-3-2-6-13-10-8-11(16)15-12(14-10)9-4-5-9/h8-9H,2-7H2,1H3,(H2,13,14,15,16). The van der Waals surface area contributed by atoms with Gasteiger partial charge in [0.15, 0.2) is 0 Å². The van der Waals surface area contributed by atoms with E-state index in [9.17, 15) is 4.79 Å². The maximum Gasteiger partial charge on any atom is 0.252 e. The molecule has 5 nitrogen and oxygen atoms in total. The summed E-state index contributed by atoms with van der Waals surface area (Å²) in [5, 5.41) is 3.18. The second-order valence-electron chi connectivity index (χ2n) is 4.42. The van der Waals surface area contributed by atoms with Gasteiger partial charge in [0.1, 0.15) is 11.6 Å². The van der Waals surface area contributed by atoms with E-state index in [-0.39, 0.29) is 5.56 Å². The third-order valence-corrected chi connectivity index (χ3v) is 2.81. The van der Waals surface area contributed by atoms with Crippen LogP contribution in [0, 0.1) is 0 Å². The summed E-state index contributed by atoms with van der Waals surface area (Å²) in [5.41, 5.74) is -0.0682. The lowest BCUT2D eigenvalue weighted by Crippen LogP contribution is -2.14. The van der Waals surface area contributed by atoms with Crippen LogP contribution >= 0.6 is 0 Å². The first-order valence-electron chi connectivity index (χ1n) is 6.13. The molecule has 5 heteroatoms. The Bertz CT molecular complexity index is 412. The summed E-state index contributed by atoms with van der Waals surface area (Å²) in [5.74, 6) is 1.99. The van der Waals surface area contributed by atoms with Gasteiger partial charge in [0, 0.05) is 32.2 Å². The zero-order valence-electron chi connectivity index (χ0n) is 10.2. The molecule has 1 aliphatic carbocycles. The lowest BCUT2D eigenvalue weighted by molar-refractivity contribution is 0.194. The van der Waals surface area contributed by atoms with E-state index in [1.165, 1.54) is 6.07 Å². The van der Waals surface area contributed by atoms with Crippen molar-refractivity contribution in [1.82, 2.24) is 9.97 Å². The number of methoxy groups -OCH3 is 1. The van der Waals surface area contributed by atoms with Gasteiger partial charge in [-0.05, 0) is 25.7 Å². The normalized spacial score (nSPS) is 14.9. The first-order chi connectivity index (χ1) is 8.29. The van der Waals surface area contributed by atoms with E-state index in [0.717, 1.165) is 44.7 Å². The number of aromatic nitrogens is 2. The number of nitrogens with one attached hydrogen (secondary N) is 2. The molecule has 1 aliphatic rings. The van der Waals surface area contributed by atoms with E-state index in [0.29, 0.717) is 11.7 Å². The van der Waals surface area contributed by atoms with Crippen molar-refractivity contribution in [2.24, 2.45) is 0 Å². The molecule has 0 amide bonds. The fourth-order valence-corrected chi connectivity index (χ4v) is 1.71. The molecule has 0 saturated heterocycles. The van der Waals surface area contributed by atoms with E-state index in [1.807, 2.05) is 0 Å². The molecule has 0 aliphatic heterocycles. The smallest absolute Gasteiger partial charge is 0.252 e. The summed E-state index contributed by atoms with van der Waals surface area (Å²) in [4.78, 5) is 18.6. The predicted molar refractivity (Wildman–Crippen MR) is 66.4 cm³/mol. The zero-order valence-corrected chi connectivity index (χ0v) is 10.2. The van der Waals surface area contributed by atoms with Crippen molar-refractivity contribution in [1.29, 1.82) is 0 Å². The Morgan fingerprint density at radius 3 is 3.06 bits per heavy atom. The molecule has 0 aromatic carbocycles. The van der Waals surface area contributed by atoms with Crippen molar-refractivity contribution < 1.29 is 4.74 Å². The van der Waals surface area contributed by atoms with Gasteiger partial charge in [0.05, 0.1) is 0 Å². The monoisotopic (exact) mass is 237 g/mol. The molecule has 0 atom stereocenters. The largest absolute Gasteiger partial charge is 0.385 e. The Balaban J connectivity index is 1.85. The molecule has 17 heavy (non-hydrogen) atoms. The Labute approximate surface area is 101 Å². The van der Waals surface area contributed by atoms with E-state index < -0.39 is 0 Å². The summed E-state index contributed by atoms with van der Waals surface area (Å²) < 4.78 is 4.97. The van der Waals surface area contributed by atoms with Crippen LogP contribution in [0.5, 0.6) is 0 Å². The molecule has 1 heterocycles. The number of aromatic amines is 1. The van der Waals surface area contributed by atoms with Gasteiger partial charge < -0.3 is 15.0 Å². The molecule has 1 fully saturated rings. The van der Waals surface area contributed by atoms with E-state index in [2.05, 4.69) is 15.3 Å². The zero-order chi connectivity index (χ0) is 12.1. The van der Waals surface area contributed by atoms with Crippen LogP contribution in [-0.4, -0.2) is 30.2 Å². The van der Waals surface area contributed by atoms with Gasteiger partial charge in [-0.2, -0.15) is 0 Å². The first kappa shape index (κ1) is 12.1. The highest BCUT2D eigenvalue weighted by Crippen LogP contribution is 2.37. The third kappa shape index (κ3) is 3.85. The summed E-state index contributed by atoms with van der Waals surface area (Å²) in [6.07, 6.45) is 4.31. The van der Waals surface area contributed by atoms with Crippen LogP contribution in [0.1, 0.15) is 37.4 Å². The Hall–Kier alpha value is -1.36. The van der Waals surface area contributed by atoms with Gasteiger partial charge in [0.2, 0.25) is 0 Å². The number of H-pyrrole nitrogens is 1. The highest BCUT2D eigenvalue weighted by Gasteiger charge is 2.26. The number of hydrogen-bond acceptors (Lipinski definition) is 4. The van der Waals surface area contributed by atoms with Crippen LogP contribution in [-0.2, 0) is 4.74 Å². The molecular weight excluding hydrogens is 218 g/mol. The molecule has 94 valence electrons. The molecule has 1 aromatic heterocycles. The highest BCUT2D eigenvalue weighted by atomic mass is 16.5. The average molecular weight is 237 g/mol. The van der Waals surface area contributed by atoms with Gasteiger partial charge in [-0.1, -0.05) is 0 Å².